The van der Waals surface area contributed by atoms with Gasteiger partial charge in [-0.05, 0) is 44.2 Å². The quantitative estimate of drug-likeness (QED) is 0.651. The van der Waals surface area contributed by atoms with E-state index in [2.05, 4.69) is 52.8 Å². The van der Waals surface area contributed by atoms with Gasteiger partial charge in [-0.1, -0.05) is 42.5 Å². The summed E-state index contributed by atoms with van der Waals surface area (Å²) in [6.07, 6.45) is -0.518. The van der Waals surface area contributed by atoms with Crippen molar-refractivity contribution in [2.45, 2.75) is 39.1 Å². The first-order valence-electron chi connectivity index (χ1n) is 11.1. The first-order chi connectivity index (χ1) is 14.5. The minimum Gasteiger partial charge on any atom is -0.491 e. The molecule has 1 unspecified atom stereocenters. The number of aliphatic hydroxyl groups is 1. The molecule has 1 heterocycles. The third-order valence-corrected chi connectivity index (χ3v) is 5.73. The van der Waals surface area contributed by atoms with Crippen LogP contribution in [0, 0.1) is 0 Å². The number of hydrogen-bond donors (Lipinski definition) is 1. The largest absolute Gasteiger partial charge is 0.491 e. The average Bonchev–Trinajstić information content (AvgIpc) is 2.74. The summed E-state index contributed by atoms with van der Waals surface area (Å²) < 4.78 is 5.81. The van der Waals surface area contributed by atoms with Crippen LogP contribution in [0.5, 0.6) is 5.75 Å². The third-order valence-electron chi connectivity index (χ3n) is 5.73. The predicted octanol–water partition coefficient (Wildman–Crippen LogP) is 3.08. The Balaban J connectivity index is 1.37. The Bertz CT molecular complexity index is 728. The molecule has 1 saturated heterocycles. The van der Waals surface area contributed by atoms with Gasteiger partial charge in [0.15, 0.2) is 0 Å². The molecule has 0 radical (unpaired) electrons. The number of hydrogen-bond acceptors (Lipinski definition) is 5. The van der Waals surface area contributed by atoms with Gasteiger partial charge in [0, 0.05) is 51.9 Å². The molecule has 1 N–H and O–H groups in total. The number of benzene rings is 2. The molecular formula is C25H37N3O2. The van der Waals surface area contributed by atoms with E-state index < -0.39 is 6.10 Å². The fourth-order valence-electron chi connectivity index (χ4n) is 3.95. The number of nitrogens with zero attached hydrogens (tertiary/aromatic N) is 3. The molecule has 0 bridgehead atoms. The molecule has 0 aromatic heterocycles. The Kier molecular flexibility index (Phi) is 8.70. The molecule has 0 aliphatic carbocycles. The molecule has 2 aromatic rings. The van der Waals surface area contributed by atoms with Gasteiger partial charge in [0.2, 0.25) is 0 Å². The van der Waals surface area contributed by atoms with Gasteiger partial charge in [0.1, 0.15) is 18.5 Å². The number of aliphatic hydroxyl groups excluding tert-OH is 1. The van der Waals surface area contributed by atoms with Gasteiger partial charge in [-0.15, -0.1) is 0 Å². The summed E-state index contributed by atoms with van der Waals surface area (Å²) in [5.74, 6) is 0.813. The predicted molar refractivity (Wildman–Crippen MR) is 123 cm³/mol. The van der Waals surface area contributed by atoms with Crippen LogP contribution in [0.1, 0.15) is 25.0 Å². The lowest BCUT2D eigenvalue weighted by Gasteiger charge is -2.36. The molecule has 1 aliphatic rings. The molecule has 164 valence electrons. The van der Waals surface area contributed by atoms with Crippen LogP contribution in [-0.4, -0.2) is 78.3 Å². The third kappa shape index (κ3) is 7.40. The van der Waals surface area contributed by atoms with Crippen molar-refractivity contribution in [2.24, 2.45) is 0 Å². The fraction of sp³-hybridized carbons (Fsp3) is 0.520. The van der Waals surface area contributed by atoms with Crippen molar-refractivity contribution in [1.29, 1.82) is 0 Å². The Morgan fingerprint density at radius 3 is 2.23 bits per heavy atom. The van der Waals surface area contributed by atoms with E-state index in [9.17, 15) is 5.11 Å². The van der Waals surface area contributed by atoms with Crippen LogP contribution in [0.3, 0.4) is 0 Å². The Morgan fingerprint density at radius 2 is 1.60 bits per heavy atom. The minimum absolute atomic E-state index is 0.301. The monoisotopic (exact) mass is 411 g/mol. The fourth-order valence-corrected chi connectivity index (χ4v) is 3.95. The van der Waals surface area contributed by atoms with E-state index >= 15 is 0 Å². The van der Waals surface area contributed by atoms with Crippen molar-refractivity contribution < 1.29 is 9.84 Å². The van der Waals surface area contributed by atoms with E-state index in [0.29, 0.717) is 19.2 Å². The molecule has 30 heavy (non-hydrogen) atoms. The lowest BCUT2D eigenvalue weighted by molar-refractivity contribution is 0.0743. The summed E-state index contributed by atoms with van der Waals surface area (Å²) in [5, 5.41) is 10.3. The first-order valence-corrected chi connectivity index (χ1v) is 11.1. The minimum atomic E-state index is -0.518. The molecule has 5 heteroatoms. The summed E-state index contributed by atoms with van der Waals surface area (Å²) in [6, 6.07) is 19.2. The second-order valence-electron chi connectivity index (χ2n) is 8.70. The van der Waals surface area contributed by atoms with Crippen molar-refractivity contribution >= 4 is 0 Å². The lowest BCUT2D eigenvalue weighted by atomic mass is 10.2. The smallest absolute Gasteiger partial charge is 0.119 e. The summed E-state index contributed by atoms with van der Waals surface area (Å²) in [7, 11) is 2.02. The topological polar surface area (TPSA) is 39.2 Å². The Morgan fingerprint density at radius 1 is 0.933 bits per heavy atom. The maximum atomic E-state index is 10.3. The van der Waals surface area contributed by atoms with Crippen LogP contribution in [0.25, 0.3) is 0 Å². The maximum Gasteiger partial charge on any atom is 0.119 e. The van der Waals surface area contributed by atoms with Gasteiger partial charge in [-0.3, -0.25) is 14.7 Å². The summed E-state index contributed by atoms with van der Waals surface area (Å²) >= 11 is 0. The summed E-state index contributed by atoms with van der Waals surface area (Å²) in [4.78, 5) is 7.17. The highest BCUT2D eigenvalue weighted by molar-refractivity contribution is 5.27. The van der Waals surface area contributed by atoms with Gasteiger partial charge < -0.3 is 9.84 Å². The number of rotatable bonds is 10. The van der Waals surface area contributed by atoms with Crippen LogP contribution < -0.4 is 4.74 Å². The van der Waals surface area contributed by atoms with E-state index in [1.165, 1.54) is 11.1 Å². The molecule has 3 rings (SSSR count). The molecule has 5 nitrogen and oxygen atoms in total. The van der Waals surface area contributed by atoms with Gasteiger partial charge >= 0.3 is 0 Å². The molecule has 0 amide bonds. The van der Waals surface area contributed by atoms with Crippen LogP contribution >= 0.6 is 0 Å². The van der Waals surface area contributed by atoms with Gasteiger partial charge in [-0.25, -0.2) is 0 Å². The standard InChI is InChI=1S/C25H37N3O2/c1-21(2)28-15-13-27(14-16-28)18-23-9-11-25(12-10-23)30-20-24(29)19-26(3)17-22-7-5-4-6-8-22/h4-12,21,24,29H,13-20H2,1-3H3. The summed E-state index contributed by atoms with van der Waals surface area (Å²) in [6.45, 7) is 11.8. The van der Waals surface area contributed by atoms with Crippen LogP contribution in [-0.2, 0) is 13.1 Å². The Labute approximate surface area is 181 Å². The second-order valence-corrected chi connectivity index (χ2v) is 8.70. The second kappa shape index (κ2) is 11.5. The lowest BCUT2D eigenvalue weighted by Crippen LogP contribution is -2.48. The molecule has 1 aliphatic heterocycles. The van der Waals surface area contributed by atoms with Crippen LogP contribution in [0.4, 0.5) is 0 Å². The zero-order valence-electron chi connectivity index (χ0n) is 18.7. The Hall–Kier alpha value is -1.92. The molecule has 2 aromatic carbocycles. The van der Waals surface area contributed by atoms with E-state index in [1.54, 1.807) is 0 Å². The molecule has 0 saturated carbocycles. The zero-order chi connectivity index (χ0) is 21.3. The van der Waals surface area contributed by atoms with Gasteiger partial charge in [0.05, 0.1) is 0 Å². The van der Waals surface area contributed by atoms with E-state index in [1.807, 2.05) is 37.4 Å². The van der Waals surface area contributed by atoms with E-state index in [-0.39, 0.29) is 0 Å². The highest BCUT2D eigenvalue weighted by Crippen LogP contribution is 2.16. The van der Waals surface area contributed by atoms with Crippen LogP contribution in [0.15, 0.2) is 54.6 Å². The van der Waals surface area contributed by atoms with Gasteiger partial charge in [-0.2, -0.15) is 0 Å². The normalized spacial score (nSPS) is 16.9. The highest BCUT2D eigenvalue weighted by atomic mass is 16.5. The van der Waals surface area contributed by atoms with E-state index in [0.717, 1.165) is 45.0 Å². The zero-order valence-corrected chi connectivity index (χ0v) is 18.7. The van der Waals surface area contributed by atoms with Crippen molar-refractivity contribution in [3.05, 3.63) is 65.7 Å². The van der Waals surface area contributed by atoms with Crippen molar-refractivity contribution in [3.8, 4) is 5.75 Å². The number of piperazine rings is 1. The summed E-state index contributed by atoms with van der Waals surface area (Å²) in [5.41, 5.74) is 2.55. The highest BCUT2D eigenvalue weighted by Gasteiger charge is 2.18. The van der Waals surface area contributed by atoms with E-state index in [4.69, 9.17) is 4.74 Å². The first kappa shape index (κ1) is 22.8. The van der Waals surface area contributed by atoms with Crippen molar-refractivity contribution in [3.63, 3.8) is 0 Å². The number of likely N-dealkylation sites (N-methyl/N-ethyl adjacent to an activating group) is 1. The van der Waals surface area contributed by atoms with Crippen LogP contribution in [0.2, 0.25) is 0 Å². The van der Waals surface area contributed by atoms with Gasteiger partial charge in [0.25, 0.3) is 0 Å². The van der Waals surface area contributed by atoms with Crippen molar-refractivity contribution in [1.82, 2.24) is 14.7 Å². The average molecular weight is 412 g/mol. The molecular weight excluding hydrogens is 374 g/mol. The molecule has 1 atom stereocenters. The molecule has 1 fully saturated rings. The number of ether oxygens (including phenoxy) is 1. The van der Waals surface area contributed by atoms with Crippen molar-refractivity contribution in [2.75, 3.05) is 46.4 Å². The molecule has 0 spiro atoms. The maximum absolute atomic E-state index is 10.3. The SMILES string of the molecule is CC(C)N1CCN(Cc2ccc(OCC(O)CN(C)Cc3ccccc3)cc2)CC1.